The first-order valence-electron chi connectivity index (χ1n) is 8.66. The number of nitrogens with two attached hydrogens (primary N) is 1. The van der Waals surface area contributed by atoms with E-state index < -0.39 is 11.7 Å². The summed E-state index contributed by atoms with van der Waals surface area (Å²) in [6, 6.07) is 7.59. The van der Waals surface area contributed by atoms with E-state index in [0.29, 0.717) is 12.3 Å². The van der Waals surface area contributed by atoms with Crippen LogP contribution < -0.4 is 20.5 Å². The van der Waals surface area contributed by atoms with Gasteiger partial charge in [-0.1, -0.05) is 12.1 Å². The van der Waals surface area contributed by atoms with Gasteiger partial charge in [-0.05, 0) is 51.3 Å². The number of nitrogens with one attached hydrogen (secondary N) is 1. The van der Waals surface area contributed by atoms with E-state index >= 15 is 0 Å². The quantitative estimate of drug-likeness (QED) is 0.716. The lowest BCUT2D eigenvalue weighted by atomic mass is 10.1. The molecule has 1 aromatic heterocycles. The summed E-state index contributed by atoms with van der Waals surface area (Å²) in [5.74, 6) is 1.13. The van der Waals surface area contributed by atoms with Crippen LogP contribution in [0.15, 0.2) is 30.6 Å². The van der Waals surface area contributed by atoms with Crippen molar-refractivity contribution in [1.82, 2.24) is 15.3 Å². The topological polar surface area (TPSA) is 109 Å². The summed E-state index contributed by atoms with van der Waals surface area (Å²) < 4.78 is 15.9. The zero-order valence-corrected chi connectivity index (χ0v) is 16.1. The number of carbonyl (C=O) groups is 1. The first-order chi connectivity index (χ1) is 12.8. The lowest BCUT2D eigenvalue weighted by molar-refractivity contribution is 0.0527. The summed E-state index contributed by atoms with van der Waals surface area (Å²) in [6.07, 6.45) is 2.55. The van der Waals surface area contributed by atoms with Gasteiger partial charge in [-0.2, -0.15) is 9.97 Å². The maximum atomic E-state index is 11.6. The monoisotopic (exact) mass is 374 g/mol. The van der Waals surface area contributed by atoms with E-state index in [9.17, 15) is 4.79 Å². The number of nitrogens with zero attached hydrogens (tertiary/aromatic N) is 2. The van der Waals surface area contributed by atoms with Crippen molar-refractivity contribution < 1.29 is 19.0 Å². The van der Waals surface area contributed by atoms with E-state index in [-0.39, 0.29) is 17.4 Å². The van der Waals surface area contributed by atoms with Crippen molar-refractivity contribution in [2.24, 2.45) is 0 Å². The van der Waals surface area contributed by atoms with Crippen molar-refractivity contribution in [1.29, 1.82) is 0 Å². The molecule has 0 aliphatic carbocycles. The number of anilines is 1. The average Bonchev–Trinajstić information content (AvgIpc) is 2.60. The third-order valence-electron chi connectivity index (χ3n) is 3.45. The van der Waals surface area contributed by atoms with Gasteiger partial charge in [-0.15, -0.1) is 0 Å². The largest absolute Gasteiger partial charge is 0.479 e. The summed E-state index contributed by atoms with van der Waals surface area (Å²) in [4.78, 5) is 19.5. The van der Waals surface area contributed by atoms with Crippen LogP contribution in [0.2, 0.25) is 0 Å². The van der Waals surface area contributed by atoms with Crippen LogP contribution in [0.5, 0.6) is 17.5 Å². The molecule has 0 aliphatic heterocycles. The number of carbonyl (C=O) groups excluding carboxylic acids is 1. The van der Waals surface area contributed by atoms with Crippen LogP contribution in [0.1, 0.15) is 32.8 Å². The van der Waals surface area contributed by atoms with E-state index in [0.717, 1.165) is 18.4 Å². The van der Waals surface area contributed by atoms with Gasteiger partial charge in [0.05, 0.1) is 7.11 Å². The maximum absolute atomic E-state index is 11.6. The van der Waals surface area contributed by atoms with Crippen LogP contribution in [0, 0.1) is 0 Å². The van der Waals surface area contributed by atoms with Crippen LogP contribution in [-0.4, -0.2) is 35.3 Å². The predicted molar refractivity (Wildman–Crippen MR) is 102 cm³/mol. The lowest BCUT2D eigenvalue weighted by Gasteiger charge is -2.19. The molecule has 1 heterocycles. The molecular formula is C19H26N4O4. The van der Waals surface area contributed by atoms with E-state index in [1.54, 1.807) is 0 Å². The highest BCUT2D eigenvalue weighted by Crippen LogP contribution is 2.30. The Bertz CT molecular complexity index is 757. The highest BCUT2D eigenvalue weighted by molar-refractivity contribution is 5.67. The third kappa shape index (κ3) is 6.65. The van der Waals surface area contributed by atoms with Crippen molar-refractivity contribution in [3.63, 3.8) is 0 Å². The maximum Gasteiger partial charge on any atom is 0.407 e. The molecule has 2 aromatic rings. The Hall–Kier alpha value is -3.03. The molecule has 0 unspecified atom stereocenters. The number of aromatic nitrogens is 2. The Kier molecular flexibility index (Phi) is 6.81. The fraction of sp³-hybridized carbons (Fsp3) is 0.421. The van der Waals surface area contributed by atoms with Crippen LogP contribution in [0.4, 0.5) is 10.5 Å². The number of ether oxygens (including phenoxy) is 3. The Balaban J connectivity index is 1.81. The van der Waals surface area contributed by atoms with Gasteiger partial charge in [-0.3, -0.25) is 0 Å². The molecule has 8 nitrogen and oxygen atoms in total. The minimum Gasteiger partial charge on any atom is -0.479 e. The fourth-order valence-corrected chi connectivity index (χ4v) is 2.24. The number of benzene rings is 1. The number of alkyl carbamates (subject to hydrolysis) is 1. The SMILES string of the molecule is COc1ncnc(Oc2ccc(CCCNC(=O)OC(C)(C)C)cc2)c1N. The summed E-state index contributed by atoms with van der Waals surface area (Å²) in [5, 5.41) is 2.74. The highest BCUT2D eigenvalue weighted by atomic mass is 16.6. The highest BCUT2D eigenvalue weighted by Gasteiger charge is 2.15. The van der Waals surface area contributed by atoms with E-state index in [1.165, 1.54) is 13.4 Å². The molecule has 0 atom stereocenters. The minimum atomic E-state index is -0.489. The molecule has 0 radical (unpaired) electrons. The number of hydrogen-bond donors (Lipinski definition) is 2. The van der Waals surface area contributed by atoms with Gasteiger partial charge >= 0.3 is 6.09 Å². The van der Waals surface area contributed by atoms with Gasteiger partial charge in [0.25, 0.3) is 0 Å². The van der Waals surface area contributed by atoms with Gasteiger partial charge in [0.15, 0.2) is 5.69 Å². The zero-order chi connectivity index (χ0) is 19.9. The molecule has 0 spiro atoms. The molecule has 0 fully saturated rings. The lowest BCUT2D eigenvalue weighted by Crippen LogP contribution is -2.33. The van der Waals surface area contributed by atoms with Gasteiger partial charge in [0.1, 0.15) is 17.7 Å². The summed E-state index contributed by atoms with van der Waals surface area (Å²) in [5.41, 5.74) is 6.78. The van der Waals surface area contributed by atoms with Crippen molar-refractivity contribution >= 4 is 11.8 Å². The number of aryl methyl sites for hydroxylation is 1. The van der Waals surface area contributed by atoms with Gasteiger partial charge in [0, 0.05) is 6.54 Å². The van der Waals surface area contributed by atoms with Crippen molar-refractivity contribution in [2.45, 2.75) is 39.2 Å². The van der Waals surface area contributed by atoms with Crippen molar-refractivity contribution in [2.75, 3.05) is 19.4 Å². The van der Waals surface area contributed by atoms with Gasteiger partial charge in [0.2, 0.25) is 11.8 Å². The number of nitrogen functional groups attached to an aromatic ring is 1. The number of rotatable bonds is 7. The smallest absolute Gasteiger partial charge is 0.407 e. The Morgan fingerprint density at radius 3 is 2.44 bits per heavy atom. The minimum absolute atomic E-state index is 0.246. The molecular weight excluding hydrogens is 348 g/mol. The van der Waals surface area contributed by atoms with E-state index in [1.807, 2.05) is 45.0 Å². The summed E-state index contributed by atoms with van der Waals surface area (Å²) in [6.45, 7) is 6.05. The van der Waals surface area contributed by atoms with Crippen LogP contribution in [0.25, 0.3) is 0 Å². The molecule has 0 bridgehead atoms. The third-order valence-corrected chi connectivity index (χ3v) is 3.45. The average molecular weight is 374 g/mol. The van der Waals surface area contributed by atoms with Crippen LogP contribution >= 0.6 is 0 Å². The van der Waals surface area contributed by atoms with E-state index in [2.05, 4.69) is 15.3 Å². The van der Waals surface area contributed by atoms with Crippen LogP contribution in [0.3, 0.4) is 0 Å². The number of methoxy groups -OCH3 is 1. The molecule has 2 rings (SSSR count). The number of hydrogen-bond acceptors (Lipinski definition) is 7. The molecule has 0 saturated carbocycles. The summed E-state index contributed by atoms with van der Waals surface area (Å²) in [7, 11) is 1.48. The first kappa shape index (κ1) is 20.3. The van der Waals surface area contributed by atoms with Gasteiger partial charge < -0.3 is 25.3 Å². The zero-order valence-electron chi connectivity index (χ0n) is 16.1. The Morgan fingerprint density at radius 1 is 1.15 bits per heavy atom. The second-order valence-corrected chi connectivity index (χ2v) is 6.88. The molecule has 0 aliphatic rings. The molecule has 1 aromatic carbocycles. The number of amides is 1. The Morgan fingerprint density at radius 2 is 1.81 bits per heavy atom. The molecule has 146 valence electrons. The first-order valence-corrected chi connectivity index (χ1v) is 8.66. The Labute approximate surface area is 159 Å². The fourth-order valence-electron chi connectivity index (χ4n) is 2.24. The standard InChI is InChI=1S/C19H26N4O4/c1-19(2,3)27-18(24)21-11-5-6-13-7-9-14(10-8-13)26-17-15(20)16(25-4)22-12-23-17/h7-10,12H,5-6,11,20H2,1-4H3,(H,21,24). The second-order valence-electron chi connectivity index (χ2n) is 6.88. The van der Waals surface area contributed by atoms with Crippen molar-refractivity contribution in [3.8, 4) is 17.5 Å². The predicted octanol–water partition coefficient (Wildman–Crippen LogP) is 3.32. The van der Waals surface area contributed by atoms with Crippen LogP contribution in [-0.2, 0) is 11.2 Å². The molecule has 3 N–H and O–H groups in total. The molecule has 0 saturated heterocycles. The molecule has 1 amide bonds. The van der Waals surface area contributed by atoms with E-state index in [4.69, 9.17) is 19.9 Å². The van der Waals surface area contributed by atoms with Gasteiger partial charge in [-0.25, -0.2) is 4.79 Å². The summed E-state index contributed by atoms with van der Waals surface area (Å²) >= 11 is 0. The molecule has 27 heavy (non-hydrogen) atoms. The normalized spacial score (nSPS) is 11.0. The van der Waals surface area contributed by atoms with Crippen molar-refractivity contribution in [3.05, 3.63) is 36.2 Å². The second kappa shape index (κ2) is 9.07. The molecule has 8 heteroatoms.